The van der Waals surface area contributed by atoms with E-state index in [1.54, 1.807) is 8.84 Å². The van der Waals surface area contributed by atoms with Gasteiger partial charge in [-0.2, -0.15) is 0 Å². The minimum Gasteiger partial charge on any atom is -1.00 e. The minimum absolute atomic E-state index is 0. The van der Waals surface area contributed by atoms with Crippen LogP contribution in [0.4, 0.5) is 0 Å². The summed E-state index contributed by atoms with van der Waals surface area (Å²) in [5.41, 5.74) is 4.49. The zero-order chi connectivity index (χ0) is 12.7. The summed E-state index contributed by atoms with van der Waals surface area (Å²) in [4.78, 5) is 0. The normalized spacial score (nSPS) is 19.1. The number of hydrogen-bond donors (Lipinski definition) is 0. The van der Waals surface area contributed by atoms with Gasteiger partial charge in [0.05, 0.1) is 0 Å². The number of benzene rings is 1. The Morgan fingerprint density at radius 3 is 2.30 bits per heavy atom. The first-order valence-electron chi connectivity index (χ1n) is 6.68. The maximum absolute atomic E-state index is 2.55. The fraction of sp³-hybridized carbons (Fsp3) is 0.294. The van der Waals surface area contributed by atoms with Crippen LogP contribution in [0, 0.1) is 6.92 Å². The molecule has 0 heterocycles. The van der Waals surface area contributed by atoms with Gasteiger partial charge in [0.15, 0.2) is 0 Å². The fourth-order valence-corrected chi connectivity index (χ4v) is 8.98. The van der Waals surface area contributed by atoms with Crippen molar-refractivity contribution in [1.82, 2.24) is 0 Å². The van der Waals surface area contributed by atoms with Gasteiger partial charge in [-0.15, -0.1) is 0 Å². The smallest absolute Gasteiger partial charge is 1.00 e. The second-order valence-corrected chi connectivity index (χ2v) is 11.8. The average molecular weight is 385 g/mol. The molecule has 20 heavy (non-hydrogen) atoms. The zero-order valence-corrected chi connectivity index (χ0v) is 16.0. The van der Waals surface area contributed by atoms with E-state index in [0.29, 0.717) is 5.92 Å². The molecule has 0 fully saturated rings. The molecule has 1 atom stereocenters. The molecule has 0 N–H and O–H groups in total. The van der Waals surface area contributed by atoms with Crippen LogP contribution in [0.2, 0.25) is 8.26 Å². The van der Waals surface area contributed by atoms with E-state index >= 15 is 0 Å². The van der Waals surface area contributed by atoms with Gasteiger partial charge < -0.3 is 24.8 Å². The van der Waals surface area contributed by atoms with Gasteiger partial charge in [0.25, 0.3) is 0 Å². The molecule has 1 aromatic carbocycles. The maximum Gasteiger partial charge on any atom is -1.00 e. The molecule has 3 rings (SSSR count). The van der Waals surface area contributed by atoms with E-state index in [4.69, 9.17) is 0 Å². The Kier molecular flexibility index (Phi) is 6.51. The monoisotopic (exact) mass is 383 g/mol. The predicted molar refractivity (Wildman–Crippen MR) is 75.5 cm³/mol. The zero-order valence-electron chi connectivity index (χ0n) is 12.0. The van der Waals surface area contributed by atoms with Gasteiger partial charge >= 0.3 is 118 Å². The third kappa shape index (κ3) is 3.06. The number of aryl methyl sites for hydroxylation is 1. The summed E-state index contributed by atoms with van der Waals surface area (Å²) >= 11 is -1.50. The molecule has 2 aliphatic rings. The first-order valence-corrected chi connectivity index (χ1v) is 11.8. The Bertz CT molecular complexity index is 560. The van der Waals surface area contributed by atoms with Crippen molar-refractivity contribution in [2.75, 3.05) is 0 Å². The van der Waals surface area contributed by atoms with Crippen molar-refractivity contribution in [3.63, 3.8) is 0 Å². The Balaban J connectivity index is 0.000001000. The molecule has 0 nitrogen and oxygen atoms in total. The van der Waals surface area contributed by atoms with Crippen LogP contribution in [0.3, 0.4) is 0 Å². The summed E-state index contributed by atoms with van der Waals surface area (Å²) in [6, 6.07) is 6.75. The van der Waals surface area contributed by atoms with Crippen LogP contribution in [0.1, 0.15) is 29.5 Å². The summed E-state index contributed by atoms with van der Waals surface area (Å²) in [5, 5.41) is 0. The van der Waals surface area contributed by atoms with Gasteiger partial charge in [0.2, 0.25) is 0 Å². The third-order valence-corrected chi connectivity index (χ3v) is 11.4. The van der Waals surface area contributed by atoms with Crippen LogP contribution in [-0.2, 0) is 21.8 Å². The van der Waals surface area contributed by atoms with Crippen molar-refractivity contribution >= 4 is 6.08 Å². The molecular weight excluding hydrogens is 366 g/mol. The molecule has 1 aromatic rings. The summed E-state index contributed by atoms with van der Waals surface area (Å²) in [5.74, 6) is 0.654. The van der Waals surface area contributed by atoms with Gasteiger partial charge in [-0.3, -0.25) is 0 Å². The van der Waals surface area contributed by atoms with Crippen molar-refractivity contribution < 1.29 is 46.6 Å². The van der Waals surface area contributed by atoms with E-state index < -0.39 is 21.8 Å². The molecule has 0 saturated heterocycles. The Morgan fingerprint density at radius 1 is 1.05 bits per heavy atom. The molecule has 0 saturated carbocycles. The SMILES string of the molecule is Cc1cccc2c1C=[C]([Zr+2]([CH3])[CH]1C=CC=C1)C2C.[Cl-].[Cl-]. The van der Waals surface area contributed by atoms with Crippen LogP contribution in [0.15, 0.2) is 45.8 Å². The van der Waals surface area contributed by atoms with Crippen LogP contribution in [0.25, 0.3) is 6.08 Å². The molecule has 3 heteroatoms. The molecular formula is C17H19Cl2Zr. The number of hydrogen-bond acceptors (Lipinski definition) is 0. The molecule has 2 aliphatic carbocycles. The van der Waals surface area contributed by atoms with Crippen molar-refractivity contribution in [2.24, 2.45) is 0 Å². The number of rotatable bonds is 2. The average Bonchev–Trinajstić information content (AvgIpc) is 2.98. The first kappa shape index (κ1) is 18.0. The molecule has 0 amide bonds. The quantitative estimate of drug-likeness (QED) is 0.616. The summed E-state index contributed by atoms with van der Waals surface area (Å²) in [7, 11) is 0. The molecule has 0 spiro atoms. The maximum atomic E-state index is 2.55. The third-order valence-electron chi connectivity index (χ3n) is 4.29. The molecule has 0 bridgehead atoms. The van der Waals surface area contributed by atoms with Crippen molar-refractivity contribution in [1.29, 1.82) is 0 Å². The van der Waals surface area contributed by atoms with Crippen molar-refractivity contribution in [3.8, 4) is 0 Å². The van der Waals surface area contributed by atoms with Gasteiger partial charge in [-0.25, -0.2) is 0 Å². The molecule has 0 aliphatic heterocycles. The fourth-order valence-electron chi connectivity index (χ4n) is 3.09. The Labute approximate surface area is 142 Å². The Hall–Kier alpha value is -0.0969. The molecule has 105 valence electrons. The minimum atomic E-state index is -1.50. The van der Waals surface area contributed by atoms with Crippen molar-refractivity contribution in [3.05, 3.63) is 62.5 Å². The van der Waals surface area contributed by atoms with Gasteiger partial charge in [0.1, 0.15) is 0 Å². The molecule has 1 unspecified atom stereocenters. The van der Waals surface area contributed by atoms with E-state index in [9.17, 15) is 0 Å². The predicted octanol–water partition coefficient (Wildman–Crippen LogP) is -0.958. The van der Waals surface area contributed by atoms with Crippen LogP contribution < -0.4 is 24.8 Å². The van der Waals surface area contributed by atoms with Gasteiger partial charge in [0, 0.05) is 0 Å². The van der Waals surface area contributed by atoms with Gasteiger partial charge in [-0.05, 0) is 0 Å². The van der Waals surface area contributed by atoms with Crippen LogP contribution in [0.5, 0.6) is 0 Å². The van der Waals surface area contributed by atoms with E-state index in [2.05, 4.69) is 67.1 Å². The topological polar surface area (TPSA) is 0 Å². The van der Waals surface area contributed by atoms with Gasteiger partial charge in [-0.1, -0.05) is 0 Å². The summed E-state index contributed by atoms with van der Waals surface area (Å²) in [6.07, 6.45) is 11.8. The standard InChI is InChI=1S/C11H11.C5H5.CH3.2ClH.Zr/c1-8-4-3-5-10-9(2)6-7-11(8)10;1-2-4-5-3-1;;;;/h3-5,7,9H,1-2H3;1-5H;1H3;2*1H;/q;;;;;+2/p-2. The largest absolute Gasteiger partial charge is 1.00 e. The van der Waals surface area contributed by atoms with Crippen LogP contribution >= 0.6 is 0 Å². The second kappa shape index (κ2) is 7.25. The van der Waals surface area contributed by atoms with E-state index in [-0.39, 0.29) is 24.8 Å². The van der Waals surface area contributed by atoms with E-state index in [0.717, 1.165) is 3.63 Å². The van der Waals surface area contributed by atoms with Crippen molar-refractivity contribution in [2.45, 2.75) is 28.0 Å². The molecule has 0 aromatic heterocycles. The number of allylic oxidation sites excluding steroid dienone is 5. The van der Waals surface area contributed by atoms with E-state index in [1.165, 1.54) is 11.1 Å². The second-order valence-electron chi connectivity index (χ2n) is 5.38. The molecule has 0 radical (unpaired) electrons. The van der Waals surface area contributed by atoms with E-state index in [1.807, 2.05) is 0 Å². The summed E-state index contributed by atoms with van der Waals surface area (Å²) in [6.45, 7) is 4.63. The number of halogens is 2. The van der Waals surface area contributed by atoms with Crippen LogP contribution in [-0.4, -0.2) is 0 Å². The Morgan fingerprint density at radius 2 is 1.70 bits per heavy atom. The summed E-state index contributed by atoms with van der Waals surface area (Å²) < 4.78 is 5.11. The first-order chi connectivity index (χ1) is 8.68. The number of fused-ring (bicyclic) bond motifs is 1.